The van der Waals surface area contributed by atoms with Crippen LogP contribution in [0.3, 0.4) is 0 Å². The minimum atomic E-state index is 0.569. The molecule has 0 bridgehead atoms. The Labute approximate surface area is 77.8 Å². The average molecular weight is 176 g/mol. The van der Waals surface area contributed by atoms with Gasteiger partial charge in [0.1, 0.15) is 6.29 Å². The van der Waals surface area contributed by atoms with Crippen molar-refractivity contribution in [1.82, 2.24) is 0 Å². The first-order valence-electron chi connectivity index (χ1n) is 4.07. The summed E-state index contributed by atoms with van der Waals surface area (Å²) in [6.45, 7) is 0.569. The Bertz CT molecular complexity index is 303. The van der Waals surface area contributed by atoms with Crippen molar-refractivity contribution in [2.45, 2.75) is 6.61 Å². The minimum Gasteiger partial charge on any atom is -0.380 e. The van der Waals surface area contributed by atoms with E-state index in [9.17, 15) is 4.79 Å². The van der Waals surface area contributed by atoms with E-state index in [1.807, 2.05) is 24.3 Å². The molecule has 1 rings (SSSR count). The first kappa shape index (κ1) is 9.68. The highest BCUT2D eigenvalue weighted by Gasteiger charge is 1.96. The normalized spacial score (nSPS) is 10.5. The van der Waals surface area contributed by atoms with Gasteiger partial charge in [-0.25, -0.2) is 0 Å². The highest BCUT2D eigenvalue weighted by atomic mass is 16.5. The second kappa shape index (κ2) is 5.27. The van der Waals surface area contributed by atoms with Crippen LogP contribution in [0.25, 0.3) is 6.08 Å². The fourth-order valence-corrected chi connectivity index (χ4v) is 1.13. The summed E-state index contributed by atoms with van der Waals surface area (Å²) in [5, 5.41) is 0. The second-order valence-corrected chi connectivity index (χ2v) is 2.63. The fraction of sp³-hybridized carbons (Fsp3) is 0.182. The SMILES string of the molecule is COCc1ccccc1C=CC=O. The fourth-order valence-electron chi connectivity index (χ4n) is 1.13. The van der Waals surface area contributed by atoms with Gasteiger partial charge in [0, 0.05) is 7.11 Å². The van der Waals surface area contributed by atoms with E-state index < -0.39 is 0 Å². The second-order valence-electron chi connectivity index (χ2n) is 2.63. The average Bonchev–Trinajstić information content (AvgIpc) is 2.17. The van der Waals surface area contributed by atoms with E-state index in [1.165, 1.54) is 6.08 Å². The number of benzene rings is 1. The molecular weight excluding hydrogens is 164 g/mol. The van der Waals surface area contributed by atoms with Gasteiger partial charge in [0.15, 0.2) is 0 Å². The first-order chi connectivity index (χ1) is 6.38. The van der Waals surface area contributed by atoms with Gasteiger partial charge >= 0.3 is 0 Å². The van der Waals surface area contributed by atoms with Crippen LogP contribution >= 0.6 is 0 Å². The lowest BCUT2D eigenvalue weighted by molar-refractivity contribution is -0.104. The lowest BCUT2D eigenvalue weighted by Gasteiger charge is -2.03. The number of methoxy groups -OCH3 is 1. The van der Waals surface area contributed by atoms with Crippen LogP contribution in [0.2, 0.25) is 0 Å². The zero-order valence-corrected chi connectivity index (χ0v) is 7.57. The van der Waals surface area contributed by atoms with Crippen molar-refractivity contribution in [2.24, 2.45) is 0 Å². The van der Waals surface area contributed by atoms with E-state index >= 15 is 0 Å². The molecule has 1 aromatic carbocycles. The van der Waals surface area contributed by atoms with Gasteiger partial charge in [-0.2, -0.15) is 0 Å². The van der Waals surface area contributed by atoms with Gasteiger partial charge in [-0.3, -0.25) is 4.79 Å². The van der Waals surface area contributed by atoms with Crippen molar-refractivity contribution in [2.75, 3.05) is 7.11 Å². The summed E-state index contributed by atoms with van der Waals surface area (Å²) in [6.07, 6.45) is 4.03. The molecule has 0 aromatic heterocycles. The standard InChI is InChI=1S/C11H12O2/c1-13-9-11-6-3-2-5-10(11)7-4-8-12/h2-8H,9H2,1H3. The number of hydrogen-bond donors (Lipinski definition) is 0. The highest BCUT2D eigenvalue weighted by molar-refractivity contribution is 5.74. The van der Waals surface area contributed by atoms with Crippen LogP contribution in [-0.4, -0.2) is 13.4 Å². The molecule has 0 amide bonds. The molecule has 0 radical (unpaired) electrons. The van der Waals surface area contributed by atoms with E-state index in [1.54, 1.807) is 13.2 Å². The molecule has 0 heterocycles. The van der Waals surface area contributed by atoms with Crippen molar-refractivity contribution in [1.29, 1.82) is 0 Å². The molecule has 0 aliphatic heterocycles. The zero-order valence-electron chi connectivity index (χ0n) is 7.57. The molecule has 0 aliphatic rings. The Kier molecular flexibility index (Phi) is 3.93. The van der Waals surface area contributed by atoms with Crippen molar-refractivity contribution >= 4 is 12.4 Å². The molecule has 0 spiro atoms. The van der Waals surface area contributed by atoms with Crippen molar-refractivity contribution in [3.05, 3.63) is 41.5 Å². The monoisotopic (exact) mass is 176 g/mol. The molecule has 2 nitrogen and oxygen atoms in total. The molecule has 13 heavy (non-hydrogen) atoms. The van der Waals surface area contributed by atoms with Crippen LogP contribution in [0, 0.1) is 0 Å². The molecule has 0 aliphatic carbocycles. The van der Waals surface area contributed by atoms with E-state index in [4.69, 9.17) is 4.74 Å². The summed E-state index contributed by atoms with van der Waals surface area (Å²) >= 11 is 0. The van der Waals surface area contributed by atoms with Gasteiger partial charge in [0.2, 0.25) is 0 Å². The van der Waals surface area contributed by atoms with Crippen LogP contribution in [0.4, 0.5) is 0 Å². The number of allylic oxidation sites excluding steroid dienone is 1. The molecule has 0 saturated carbocycles. The third-order valence-corrected chi connectivity index (χ3v) is 1.71. The molecule has 68 valence electrons. The third-order valence-electron chi connectivity index (χ3n) is 1.71. The molecule has 0 saturated heterocycles. The maximum atomic E-state index is 10.1. The number of rotatable bonds is 4. The number of aldehydes is 1. The van der Waals surface area contributed by atoms with Crippen molar-refractivity contribution in [3.63, 3.8) is 0 Å². The van der Waals surface area contributed by atoms with Gasteiger partial charge in [-0.1, -0.05) is 30.3 Å². The smallest absolute Gasteiger partial charge is 0.142 e. The molecule has 0 atom stereocenters. The van der Waals surface area contributed by atoms with Crippen LogP contribution < -0.4 is 0 Å². The Morgan fingerprint density at radius 1 is 1.38 bits per heavy atom. The maximum absolute atomic E-state index is 10.1. The van der Waals surface area contributed by atoms with E-state index in [-0.39, 0.29) is 0 Å². The highest BCUT2D eigenvalue weighted by Crippen LogP contribution is 2.11. The molecule has 0 fully saturated rings. The lowest BCUT2D eigenvalue weighted by atomic mass is 10.1. The van der Waals surface area contributed by atoms with Gasteiger partial charge in [-0.05, 0) is 17.2 Å². The van der Waals surface area contributed by atoms with Gasteiger partial charge in [0.25, 0.3) is 0 Å². The van der Waals surface area contributed by atoms with E-state index in [0.29, 0.717) is 6.61 Å². The minimum absolute atomic E-state index is 0.569. The van der Waals surface area contributed by atoms with Crippen LogP contribution in [-0.2, 0) is 16.1 Å². The summed E-state index contributed by atoms with van der Waals surface area (Å²) in [7, 11) is 1.65. The maximum Gasteiger partial charge on any atom is 0.142 e. The quantitative estimate of drug-likeness (QED) is 0.518. The predicted octanol–water partition coefficient (Wildman–Crippen LogP) is 2.05. The zero-order chi connectivity index (χ0) is 9.52. The van der Waals surface area contributed by atoms with Gasteiger partial charge < -0.3 is 4.74 Å². The third kappa shape index (κ3) is 2.84. The Balaban J connectivity index is 2.90. The summed E-state index contributed by atoms with van der Waals surface area (Å²) in [5.74, 6) is 0. The van der Waals surface area contributed by atoms with Crippen molar-refractivity contribution < 1.29 is 9.53 Å². The first-order valence-corrected chi connectivity index (χ1v) is 4.07. The number of ether oxygens (including phenoxy) is 1. The molecule has 2 heteroatoms. The van der Waals surface area contributed by atoms with Crippen LogP contribution in [0.15, 0.2) is 30.3 Å². The summed E-state index contributed by atoms with van der Waals surface area (Å²) in [6, 6.07) is 7.82. The number of carbonyl (C=O) groups excluding carboxylic acids is 1. The van der Waals surface area contributed by atoms with Crippen LogP contribution in [0.1, 0.15) is 11.1 Å². The Morgan fingerprint density at radius 3 is 2.85 bits per heavy atom. The number of carbonyl (C=O) groups is 1. The number of hydrogen-bond acceptors (Lipinski definition) is 2. The largest absolute Gasteiger partial charge is 0.380 e. The van der Waals surface area contributed by atoms with Crippen LogP contribution in [0.5, 0.6) is 0 Å². The topological polar surface area (TPSA) is 26.3 Å². The van der Waals surface area contributed by atoms with Gasteiger partial charge in [0.05, 0.1) is 6.61 Å². The molecule has 1 aromatic rings. The predicted molar refractivity (Wildman–Crippen MR) is 52.3 cm³/mol. The lowest BCUT2D eigenvalue weighted by Crippen LogP contribution is -1.90. The van der Waals surface area contributed by atoms with E-state index in [0.717, 1.165) is 17.4 Å². The van der Waals surface area contributed by atoms with E-state index in [2.05, 4.69) is 0 Å². The Hall–Kier alpha value is -1.41. The van der Waals surface area contributed by atoms with Crippen molar-refractivity contribution in [3.8, 4) is 0 Å². The summed E-state index contributed by atoms with van der Waals surface area (Å²) in [4.78, 5) is 10.1. The Morgan fingerprint density at radius 2 is 2.15 bits per heavy atom. The summed E-state index contributed by atoms with van der Waals surface area (Å²) in [5.41, 5.74) is 2.11. The molecule has 0 N–H and O–H groups in total. The summed E-state index contributed by atoms with van der Waals surface area (Å²) < 4.78 is 5.03. The van der Waals surface area contributed by atoms with Gasteiger partial charge in [-0.15, -0.1) is 0 Å². The molecular formula is C11H12O2. The molecule has 0 unspecified atom stereocenters.